The molecule has 0 aromatic rings. The molecule has 0 bridgehead atoms. The molecule has 0 unspecified atom stereocenters. The molecule has 1 heterocycles. The smallest absolute Gasteiger partial charge is 0.410 e. The van der Waals surface area contributed by atoms with Crippen LogP contribution in [0.2, 0.25) is 0 Å². The highest BCUT2D eigenvalue weighted by Crippen LogP contribution is 2.27. The maximum absolute atomic E-state index is 12.0. The highest BCUT2D eigenvalue weighted by molar-refractivity contribution is 7.88. The fraction of sp³-hybridized carbons (Fsp3) is 0.615. The molecule has 1 aliphatic heterocycles. The van der Waals surface area contributed by atoms with E-state index in [1.165, 1.54) is 6.08 Å². The van der Waals surface area contributed by atoms with Crippen molar-refractivity contribution < 1.29 is 17.9 Å². The first kappa shape index (κ1) is 18.1. The second-order valence-corrected chi connectivity index (χ2v) is 7.56. The zero-order valence-corrected chi connectivity index (χ0v) is 14.0. The molecule has 1 fully saturated rings. The van der Waals surface area contributed by atoms with Crippen molar-refractivity contribution in [1.29, 1.82) is 0 Å². The van der Waals surface area contributed by atoms with E-state index in [-0.39, 0.29) is 24.4 Å². The van der Waals surface area contributed by atoms with Crippen LogP contribution in [0.3, 0.4) is 0 Å². The summed E-state index contributed by atoms with van der Waals surface area (Å²) in [5.74, 6) is 0. The average Bonchev–Trinajstić information content (AvgIpc) is 2.76. The lowest BCUT2D eigenvalue weighted by Crippen LogP contribution is -2.37. The fourth-order valence-electron chi connectivity index (χ4n) is 2.15. The van der Waals surface area contributed by atoms with Gasteiger partial charge >= 0.3 is 6.09 Å². The van der Waals surface area contributed by atoms with Crippen molar-refractivity contribution in [3.8, 4) is 0 Å². The van der Waals surface area contributed by atoms with E-state index in [0.29, 0.717) is 13.0 Å². The summed E-state index contributed by atoms with van der Waals surface area (Å²) in [6, 6.07) is -0.119. The average molecular weight is 334 g/mol. The molecular formula is C13H22N2O4S2. The number of hydrogen-bond acceptors (Lipinski definition) is 5. The Morgan fingerprint density at radius 1 is 1.57 bits per heavy atom. The maximum atomic E-state index is 12.0. The Kier molecular flexibility index (Phi) is 6.76. The summed E-state index contributed by atoms with van der Waals surface area (Å²) >= 11 is 4.42. The molecule has 1 amide bonds. The van der Waals surface area contributed by atoms with Crippen molar-refractivity contribution >= 4 is 28.7 Å². The lowest BCUT2D eigenvalue weighted by atomic mass is 10.1. The topological polar surface area (TPSA) is 75.7 Å². The van der Waals surface area contributed by atoms with Crippen LogP contribution in [0, 0.1) is 0 Å². The van der Waals surface area contributed by atoms with Crippen LogP contribution in [0.4, 0.5) is 4.79 Å². The van der Waals surface area contributed by atoms with Crippen LogP contribution in [-0.4, -0.2) is 56.7 Å². The molecule has 1 aliphatic rings. The third-order valence-electron chi connectivity index (χ3n) is 3.13. The number of thiol groups is 1. The van der Waals surface area contributed by atoms with Gasteiger partial charge in [0, 0.05) is 18.3 Å². The molecule has 0 aromatic heterocycles. The Bertz CT molecular complexity index is 516. The van der Waals surface area contributed by atoms with Crippen molar-refractivity contribution in [2.75, 3.05) is 26.0 Å². The second-order valence-electron chi connectivity index (χ2n) is 4.99. The minimum Gasteiger partial charge on any atom is -0.445 e. The number of nitrogens with one attached hydrogen (secondary N) is 1. The Morgan fingerprint density at radius 2 is 2.24 bits per heavy atom. The van der Waals surface area contributed by atoms with Gasteiger partial charge in [0.15, 0.2) is 0 Å². The first-order chi connectivity index (χ1) is 9.74. The van der Waals surface area contributed by atoms with Gasteiger partial charge in [0.2, 0.25) is 10.0 Å². The largest absolute Gasteiger partial charge is 0.445 e. The van der Waals surface area contributed by atoms with Gasteiger partial charge in [-0.1, -0.05) is 24.3 Å². The first-order valence-corrected chi connectivity index (χ1v) is 8.99. The molecule has 0 radical (unpaired) electrons. The summed E-state index contributed by atoms with van der Waals surface area (Å²) in [6.07, 6.45) is 4.70. The molecule has 6 nitrogen and oxygen atoms in total. The molecular weight excluding hydrogens is 312 g/mol. The van der Waals surface area contributed by atoms with Crippen molar-refractivity contribution in [3.05, 3.63) is 24.3 Å². The zero-order chi connectivity index (χ0) is 16.0. The van der Waals surface area contributed by atoms with E-state index in [9.17, 15) is 13.2 Å². The van der Waals surface area contributed by atoms with Gasteiger partial charge < -0.3 is 9.64 Å². The Balaban J connectivity index is 2.70. The van der Waals surface area contributed by atoms with E-state index in [4.69, 9.17) is 4.74 Å². The van der Waals surface area contributed by atoms with Crippen molar-refractivity contribution in [2.24, 2.45) is 0 Å². The molecule has 0 aliphatic carbocycles. The van der Waals surface area contributed by atoms with Gasteiger partial charge in [0.25, 0.3) is 0 Å². The number of hydrogen-bond donors (Lipinski definition) is 2. The van der Waals surface area contributed by atoms with Gasteiger partial charge in [-0.25, -0.2) is 17.9 Å². The Morgan fingerprint density at radius 3 is 2.81 bits per heavy atom. The summed E-state index contributed by atoms with van der Waals surface area (Å²) < 4.78 is 29.5. The van der Waals surface area contributed by atoms with Crippen LogP contribution in [0.5, 0.6) is 0 Å². The normalized spacial score (nSPS) is 23.2. The van der Waals surface area contributed by atoms with Crippen molar-refractivity contribution in [1.82, 2.24) is 9.62 Å². The van der Waals surface area contributed by atoms with Crippen molar-refractivity contribution in [3.63, 3.8) is 0 Å². The van der Waals surface area contributed by atoms with Crippen LogP contribution >= 0.6 is 12.6 Å². The summed E-state index contributed by atoms with van der Waals surface area (Å²) in [7, 11) is -3.22. The molecule has 2 atom stereocenters. The minimum absolute atomic E-state index is 0.0810. The van der Waals surface area contributed by atoms with Gasteiger partial charge in [0.1, 0.15) is 6.61 Å². The Hall–Kier alpha value is -0.990. The molecule has 21 heavy (non-hydrogen) atoms. The number of likely N-dealkylation sites (tertiary alicyclic amines) is 1. The second kappa shape index (κ2) is 7.86. The van der Waals surface area contributed by atoms with Gasteiger partial charge in [-0.2, -0.15) is 12.6 Å². The molecule has 120 valence electrons. The van der Waals surface area contributed by atoms with E-state index in [1.54, 1.807) is 11.0 Å². The molecule has 0 aromatic carbocycles. The highest BCUT2D eigenvalue weighted by atomic mass is 32.2. The van der Waals surface area contributed by atoms with Crippen molar-refractivity contribution in [2.45, 2.75) is 24.6 Å². The van der Waals surface area contributed by atoms with E-state index in [1.807, 2.05) is 6.92 Å². The third-order valence-corrected chi connectivity index (χ3v) is 4.20. The van der Waals surface area contributed by atoms with Crippen LogP contribution < -0.4 is 4.72 Å². The predicted molar refractivity (Wildman–Crippen MR) is 86.0 cm³/mol. The number of sulfonamides is 1. The standard InChI is InChI=1S/C13H22N2O4S2/c1-4-7-19-13(16)15-9-11(20)8-12(15)10(2)5-6-14-21(3,17)18/h4-5,11-12,14,20H,1,6-9H2,2-3H3/t11-,12-/m0/s1. The SMILES string of the molecule is C=CCOC(=O)N1C[C@@H](S)C[C@H]1C(C)=CCNS(C)(=O)=O. The van der Waals surface area contributed by atoms with Crippen LogP contribution in [0.1, 0.15) is 13.3 Å². The van der Waals surface area contributed by atoms with E-state index in [0.717, 1.165) is 11.8 Å². The summed E-state index contributed by atoms with van der Waals surface area (Å²) in [4.78, 5) is 13.6. The molecule has 0 spiro atoms. The van der Waals surface area contributed by atoms with Gasteiger partial charge in [0.05, 0.1) is 12.3 Å². The van der Waals surface area contributed by atoms with Gasteiger partial charge in [-0.15, -0.1) is 0 Å². The predicted octanol–water partition coefficient (Wildman–Crippen LogP) is 1.18. The minimum atomic E-state index is -3.22. The molecule has 1 N–H and O–H groups in total. The van der Waals surface area contributed by atoms with E-state index in [2.05, 4.69) is 23.9 Å². The summed E-state index contributed by atoms with van der Waals surface area (Å²) in [5, 5.41) is 0.0810. The molecule has 1 saturated heterocycles. The lowest BCUT2D eigenvalue weighted by Gasteiger charge is -2.24. The van der Waals surface area contributed by atoms with Gasteiger partial charge in [-0.3, -0.25) is 0 Å². The maximum Gasteiger partial charge on any atom is 0.410 e. The zero-order valence-electron chi connectivity index (χ0n) is 12.3. The third kappa shape index (κ3) is 6.11. The Labute approximate surface area is 131 Å². The summed E-state index contributed by atoms with van der Waals surface area (Å²) in [6.45, 7) is 6.25. The summed E-state index contributed by atoms with van der Waals surface area (Å²) in [5.41, 5.74) is 0.915. The number of rotatable bonds is 6. The lowest BCUT2D eigenvalue weighted by molar-refractivity contribution is 0.112. The highest BCUT2D eigenvalue weighted by Gasteiger charge is 2.35. The molecule has 8 heteroatoms. The number of carbonyl (C=O) groups is 1. The van der Waals surface area contributed by atoms with Gasteiger partial charge in [-0.05, 0) is 13.3 Å². The molecule has 1 rings (SSSR count). The monoisotopic (exact) mass is 334 g/mol. The van der Waals surface area contributed by atoms with Crippen LogP contribution in [-0.2, 0) is 14.8 Å². The quantitative estimate of drug-likeness (QED) is 0.565. The van der Waals surface area contributed by atoms with Crippen LogP contribution in [0.25, 0.3) is 0 Å². The number of amides is 1. The number of nitrogens with zero attached hydrogens (tertiary/aromatic N) is 1. The number of carbonyl (C=O) groups excluding carboxylic acids is 1. The number of ether oxygens (including phenoxy) is 1. The van der Waals surface area contributed by atoms with Crippen LogP contribution in [0.15, 0.2) is 24.3 Å². The first-order valence-electron chi connectivity index (χ1n) is 6.58. The van der Waals surface area contributed by atoms with E-state index >= 15 is 0 Å². The van der Waals surface area contributed by atoms with E-state index < -0.39 is 16.1 Å². The molecule has 0 saturated carbocycles. The fourth-order valence-corrected chi connectivity index (χ4v) is 2.91.